The molecule has 0 radical (unpaired) electrons. The Morgan fingerprint density at radius 2 is 2.02 bits per heavy atom. The zero-order chi connectivity index (χ0) is 29.7. The highest BCUT2D eigenvalue weighted by atomic mass is 19.4. The molecule has 0 saturated carbocycles. The third-order valence-electron chi connectivity index (χ3n) is 8.42. The number of methoxy groups -OCH3 is 1. The van der Waals surface area contributed by atoms with Gasteiger partial charge in [0.15, 0.2) is 0 Å². The molecule has 0 spiro atoms. The fraction of sp³-hybridized carbons (Fsp3) is 0.613. The number of benzene rings is 1. The molecule has 0 amide bonds. The Labute approximate surface area is 241 Å². The third kappa shape index (κ3) is 7.52. The van der Waals surface area contributed by atoms with Gasteiger partial charge in [0, 0.05) is 36.9 Å². The number of carbonyl (C=O) groups is 1. The fourth-order valence-electron chi connectivity index (χ4n) is 6.03. The number of carboxylic acids is 1. The van der Waals surface area contributed by atoms with Crippen molar-refractivity contribution in [1.82, 2.24) is 14.8 Å². The second-order valence-corrected chi connectivity index (χ2v) is 11.7. The molecule has 4 rings (SSSR count). The van der Waals surface area contributed by atoms with Crippen molar-refractivity contribution in [3.63, 3.8) is 0 Å². The molecule has 1 unspecified atom stereocenters. The van der Waals surface area contributed by atoms with Gasteiger partial charge >= 0.3 is 12.1 Å². The van der Waals surface area contributed by atoms with E-state index < -0.39 is 29.5 Å². The molecule has 41 heavy (non-hydrogen) atoms. The van der Waals surface area contributed by atoms with E-state index in [1.54, 1.807) is 24.8 Å². The summed E-state index contributed by atoms with van der Waals surface area (Å²) in [7, 11) is 3.21. The molecule has 2 N–H and O–H groups in total. The van der Waals surface area contributed by atoms with Gasteiger partial charge in [0.05, 0.1) is 12.7 Å². The van der Waals surface area contributed by atoms with Crippen molar-refractivity contribution in [3.05, 3.63) is 52.2 Å². The minimum absolute atomic E-state index is 0.0628. The number of likely N-dealkylation sites (tertiary alicyclic amines) is 1. The van der Waals surface area contributed by atoms with E-state index in [9.17, 15) is 23.1 Å². The van der Waals surface area contributed by atoms with Crippen LogP contribution in [0.4, 0.5) is 19.0 Å². The summed E-state index contributed by atoms with van der Waals surface area (Å²) < 4.78 is 47.1. The first-order chi connectivity index (χ1) is 19.5. The zero-order valence-electron chi connectivity index (χ0n) is 24.6. The van der Waals surface area contributed by atoms with Gasteiger partial charge in [-0.1, -0.05) is 26.3 Å². The van der Waals surface area contributed by atoms with E-state index in [1.165, 1.54) is 12.7 Å². The molecule has 0 bridgehead atoms. The van der Waals surface area contributed by atoms with E-state index in [2.05, 4.69) is 22.3 Å². The maximum absolute atomic E-state index is 14.0. The Bertz CT molecular complexity index is 1200. The largest absolute Gasteiger partial charge is 0.496 e. The maximum atomic E-state index is 14.0. The molecule has 1 saturated heterocycles. The van der Waals surface area contributed by atoms with Gasteiger partial charge < -0.3 is 20.1 Å². The Morgan fingerprint density at radius 3 is 2.71 bits per heavy atom. The predicted octanol–water partition coefficient (Wildman–Crippen LogP) is 6.14. The number of rotatable bonds is 12. The number of likely N-dealkylation sites (N-methyl/N-ethyl adjacent to an activating group) is 1. The first-order valence-corrected chi connectivity index (χ1v) is 14.7. The molecular formula is C31H43F3N4O3. The Kier molecular flexibility index (Phi) is 10.2. The average Bonchev–Trinajstić information content (AvgIpc) is 3.41. The molecule has 3 heterocycles. The number of fused-ring (bicyclic) bond motifs is 1. The van der Waals surface area contributed by atoms with Crippen LogP contribution in [0, 0.1) is 0 Å². The van der Waals surface area contributed by atoms with Crippen LogP contribution in [0.3, 0.4) is 0 Å². The number of nitrogens with zero attached hydrogens (tertiary/aromatic N) is 3. The van der Waals surface area contributed by atoms with Crippen LogP contribution in [-0.4, -0.2) is 72.2 Å². The Morgan fingerprint density at radius 1 is 1.24 bits per heavy atom. The highest BCUT2D eigenvalue weighted by Crippen LogP contribution is 2.44. The number of hydrogen-bond donors (Lipinski definition) is 2. The van der Waals surface area contributed by atoms with E-state index in [1.807, 2.05) is 7.05 Å². The van der Waals surface area contributed by atoms with Crippen LogP contribution in [0.1, 0.15) is 85.9 Å². The van der Waals surface area contributed by atoms with E-state index in [4.69, 9.17) is 9.72 Å². The molecule has 10 heteroatoms. The van der Waals surface area contributed by atoms with Crippen molar-refractivity contribution in [2.75, 3.05) is 45.7 Å². The van der Waals surface area contributed by atoms with Gasteiger partial charge in [-0.15, -0.1) is 0 Å². The first kappa shape index (κ1) is 31.1. The molecule has 226 valence electrons. The number of aliphatic carboxylic acids is 1. The quantitative estimate of drug-likeness (QED) is 0.294. The number of alkyl halides is 3. The number of halogens is 3. The molecular weight excluding hydrogens is 533 g/mol. The van der Waals surface area contributed by atoms with Gasteiger partial charge in [0.25, 0.3) is 0 Å². The number of hydrogen-bond acceptors (Lipinski definition) is 6. The number of anilines is 1. The average molecular weight is 577 g/mol. The summed E-state index contributed by atoms with van der Waals surface area (Å²) in [6.07, 6.45) is 2.38. The summed E-state index contributed by atoms with van der Waals surface area (Å²) in [6.45, 7) is 6.40. The summed E-state index contributed by atoms with van der Waals surface area (Å²) in [6, 6.07) is 5.88. The lowest BCUT2D eigenvalue weighted by Crippen LogP contribution is -2.38. The molecule has 2 aromatic rings. The van der Waals surface area contributed by atoms with Crippen LogP contribution in [0.5, 0.6) is 5.75 Å². The van der Waals surface area contributed by atoms with Gasteiger partial charge in [-0.2, -0.15) is 13.2 Å². The Balaban J connectivity index is 1.35. The molecule has 1 aromatic heterocycles. The molecule has 2 aliphatic heterocycles. The minimum atomic E-state index is -4.66. The van der Waals surface area contributed by atoms with Crippen LogP contribution in [0.25, 0.3) is 0 Å². The van der Waals surface area contributed by atoms with Crippen LogP contribution < -0.4 is 10.1 Å². The lowest BCUT2D eigenvalue weighted by atomic mass is 9.92. The van der Waals surface area contributed by atoms with Crippen molar-refractivity contribution < 1.29 is 27.8 Å². The molecule has 7 nitrogen and oxygen atoms in total. The lowest BCUT2D eigenvalue weighted by molar-refractivity contribution is -0.144. The van der Waals surface area contributed by atoms with Crippen LogP contribution in [-0.2, 0) is 23.8 Å². The van der Waals surface area contributed by atoms with Crippen molar-refractivity contribution in [1.29, 1.82) is 0 Å². The number of aromatic nitrogens is 1. The molecule has 1 aromatic carbocycles. The van der Waals surface area contributed by atoms with Crippen molar-refractivity contribution >= 4 is 11.8 Å². The SMILES string of the molecule is COc1c(C(C(=O)O)N2CC[C@@H](N(C)CCCCCc3ccc4c(n3)NCCC4)C2)cc(C(C)C)cc1C(F)(F)F. The molecule has 2 atom stereocenters. The third-order valence-corrected chi connectivity index (χ3v) is 8.42. The molecule has 0 aliphatic carbocycles. The van der Waals surface area contributed by atoms with Crippen molar-refractivity contribution in [3.8, 4) is 5.75 Å². The number of carboxylic acid groups (broad SMARTS) is 1. The highest BCUT2D eigenvalue weighted by Gasteiger charge is 2.41. The van der Waals surface area contributed by atoms with Gasteiger partial charge in [0.2, 0.25) is 0 Å². The van der Waals surface area contributed by atoms with Crippen LogP contribution in [0.15, 0.2) is 24.3 Å². The van der Waals surface area contributed by atoms with Gasteiger partial charge in [-0.25, -0.2) is 4.98 Å². The Hall–Kier alpha value is -2.85. The van der Waals surface area contributed by atoms with E-state index in [0.29, 0.717) is 18.7 Å². The van der Waals surface area contributed by atoms with E-state index >= 15 is 0 Å². The monoisotopic (exact) mass is 576 g/mol. The highest BCUT2D eigenvalue weighted by molar-refractivity contribution is 5.77. The maximum Gasteiger partial charge on any atom is 0.419 e. The van der Waals surface area contributed by atoms with Crippen molar-refractivity contribution in [2.45, 2.75) is 83.0 Å². The minimum Gasteiger partial charge on any atom is -0.496 e. The van der Waals surface area contributed by atoms with Gasteiger partial charge in [0.1, 0.15) is 17.6 Å². The summed E-state index contributed by atoms with van der Waals surface area (Å²) in [4.78, 5) is 21.3. The molecule has 1 fully saturated rings. The zero-order valence-corrected chi connectivity index (χ0v) is 24.6. The summed E-state index contributed by atoms with van der Waals surface area (Å²) in [5, 5.41) is 13.6. The van der Waals surface area contributed by atoms with E-state index in [0.717, 1.165) is 75.6 Å². The number of aryl methyl sites for hydroxylation is 2. The molecule has 2 aliphatic rings. The van der Waals surface area contributed by atoms with Gasteiger partial charge in [-0.3, -0.25) is 9.69 Å². The first-order valence-electron chi connectivity index (χ1n) is 14.7. The summed E-state index contributed by atoms with van der Waals surface area (Å²) in [5.74, 6) is -0.753. The van der Waals surface area contributed by atoms with Crippen molar-refractivity contribution in [2.24, 2.45) is 0 Å². The predicted molar refractivity (Wildman–Crippen MR) is 154 cm³/mol. The topological polar surface area (TPSA) is 77.9 Å². The standard InChI is InChI=1S/C31H43F3N4O3/c1-20(2)22-17-25(28(41-4)26(18-22)31(32,33)34)27(30(39)40)38-16-13-24(19-38)37(3)15-7-5-6-10-23-12-11-21-9-8-14-35-29(21)36-23/h11-12,17-18,20,24,27H,5-10,13-16,19H2,1-4H3,(H,35,36)(H,39,40)/t24-,27?/m1/s1. The second-order valence-electron chi connectivity index (χ2n) is 11.7. The van der Waals surface area contributed by atoms with Crippen LogP contribution >= 0.6 is 0 Å². The number of unbranched alkanes of at least 4 members (excludes halogenated alkanes) is 2. The number of ether oxygens (including phenoxy) is 1. The smallest absolute Gasteiger partial charge is 0.419 e. The summed E-state index contributed by atoms with van der Waals surface area (Å²) in [5.41, 5.74) is 1.98. The van der Waals surface area contributed by atoms with Crippen LogP contribution in [0.2, 0.25) is 0 Å². The fourth-order valence-corrected chi connectivity index (χ4v) is 6.03. The lowest BCUT2D eigenvalue weighted by Gasteiger charge is -2.29. The normalized spacial score (nSPS) is 18.4. The number of nitrogens with one attached hydrogen (secondary N) is 1. The van der Waals surface area contributed by atoms with E-state index in [-0.39, 0.29) is 17.5 Å². The second kappa shape index (κ2) is 13.4. The summed E-state index contributed by atoms with van der Waals surface area (Å²) >= 11 is 0. The van der Waals surface area contributed by atoms with Gasteiger partial charge in [-0.05, 0) is 87.4 Å². The number of pyridine rings is 1.